The zero-order valence-electron chi connectivity index (χ0n) is 5.89. The fourth-order valence-corrected chi connectivity index (χ4v) is 0.693. The van der Waals surface area contributed by atoms with E-state index < -0.39 is 11.2 Å². The molecule has 0 atom stereocenters. The van der Waals surface area contributed by atoms with E-state index in [4.69, 9.17) is 5.73 Å². The quantitative estimate of drug-likeness (QED) is 0.405. The zero-order chi connectivity index (χ0) is 8.43. The number of aromatic nitrogens is 2. The molecule has 0 saturated carbocycles. The van der Waals surface area contributed by atoms with E-state index in [1.807, 2.05) is 4.98 Å². The second-order valence-corrected chi connectivity index (χ2v) is 1.95. The molecule has 1 aromatic rings. The number of rotatable bonds is 1. The topological polar surface area (TPSA) is 104 Å². The number of nitrogens with two attached hydrogens (primary N) is 1. The first kappa shape index (κ1) is 7.39. The van der Waals surface area contributed by atoms with Crippen LogP contribution < -0.4 is 22.3 Å². The second kappa shape index (κ2) is 2.49. The lowest BCUT2D eigenvalue weighted by Crippen LogP contribution is -2.26. The third kappa shape index (κ3) is 1.23. The van der Waals surface area contributed by atoms with Gasteiger partial charge in [-0.2, -0.15) is 0 Å². The molecule has 11 heavy (non-hydrogen) atoms. The average Bonchev–Trinajstić information content (AvgIpc) is 1.96. The lowest BCUT2D eigenvalue weighted by Gasteiger charge is -2.00. The van der Waals surface area contributed by atoms with Crippen molar-refractivity contribution in [2.75, 3.05) is 18.1 Å². The van der Waals surface area contributed by atoms with E-state index in [0.717, 1.165) is 0 Å². The van der Waals surface area contributed by atoms with Gasteiger partial charge in [0.25, 0.3) is 5.56 Å². The molecule has 1 heterocycles. The molecule has 0 unspecified atom stereocenters. The van der Waals surface area contributed by atoms with E-state index >= 15 is 0 Å². The highest BCUT2D eigenvalue weighted by molar-refractivity contribution is 5.58. The zero-order valence-corrected chi connectivity index (χ0v) is 5.89. The summed E-state index contributed by atoms with van der Waals surface area (Å²) in [5.74, 6) is 0.235. The molecule has 0 radical (unpaired) electrons. The Balaban J connectivity index is 3.49. The molecule has 1 aromatic heterocycles. The Morgan fingerprint density at radius 3 is 2.55 bits per heavy atom. The summed E-state index contributed by atoms with van der Waals surface area (Å²) in [4.78, 5) is 25.7. The molecule has 6 nitrogen and oxygen atoms in total. The Morgan fingerprint density at radius 1 is 1.36 bits per heavy atom. The van der Waals surface area contributed by atoms with Crippen LogP contribution in [0.1, 0.15) is 0 Å². The van der Waals surface area contributed by atoms with Crippen molar-refractivity contribution in [1.29, 1.82) is 0 Å². The van der Waals surface area contributed by atoms with E-state index in [0.29, 0.717) is 0 Å². The maximum Gasteiger partial charge on any atom is 0.327 e. The summed E-state index contributed by atoms with van der Waals surface area (Å²) in [6.07, 6.45) is 0. The summed E-state index contributed by atoms with van der Waals surface area (Å²) in [5, 5.41) is 2.58. The molecule has 1 rings (SSSR count). The molecule has 0 spiro atoms. The van der Waals surface area contributed by atoms with Crippen LogP contribution in [-0.4, -0.2) is 17.0 Å². The molecule has 6 heteroatoms. The minimum absolute atomic E-state index is 0.0212. The molecular formula is C5H8N4O2. The van der Waals surface area contributed by atoms with Crippen molar-refractivity contribution < 1.29 is 0 Å². The number of anilines is 2. The van der Waals surface area contributed by atoms with E-state index in [1.165, 1.54) is 0 Å². The maximum atomic E-state index is 10.8. The largest absolute Gasteiger partial charge is 0.391 e. The van der Waals surface area contributed by atoms with E-state index in [1.54, 1.807) is 7.05 Å². The van der Waals surface area contributed by atoms with Crippen molar-refractivity contribution in [3.63, 3.8) is 0 Å². The minimum Gasteiger partial charge on any atom is -0.391 e. The Bertz CT molecular complexity index is 363. The predicted octanol–water partition coefficient (Wildman–Crippen LogP) is -1.31. The van der Waals surface area contributed by atoms with Crippen LogP contribution in [0.3, 0.4) is 0 Å². The maximum absolute atomic E-state index is 10.8. The Kier molecular flexibility index (Phi) is 1.67. The van der Waals surface area contributed by atoms with Crippen molar-refractivity contribution >= 4 is 11.5 Å². The van der Waals surface area contributed by atoms with Crippen molar-refractivity contribution in [1.82, 2.24) is 9.97 Å². The summed E-state index contributed by atoms with van der Waals surface area (Å²) >= 11 is 0. The lowest BCUT2D eigenvalue weighted by molar-refractivity contribution is 1.04. The summed E-state index contributed by atoms with van der Waals surface area (Å²) in [7, 11) is 1.56. The van der Waals surface area contributed by atoms with Gasteiger partial charge in [0.2, 0.25) is 0 Å². The van der Waals surface area contributed by atoms with Gasteiger partial charge in [0.05, 0.1) is 0 Å². The first-order valence-electron chi connectivity index (χ1n) is 2.95. The van der Waals surface area contributed by atoms with Crippen LogP contribution in [0.15, 0.2) is 9.59 Å². The molecule has 0 fully saturated rings. The molecular weight excluding hydrogens is 148 g/mol. The normalized spacial score (nSPS) is 9.55. The highest BCUT2D eigenvalue weighted by Gasteiger charge is 2.01. The van der Waals surface area contributed by atoms with Gasteiger partial charge in [-0.15, -0.1) is 0 Å². The van der Waals surface area contributed by atoms with Crippen molar-refractivity contribution in [2.24, 2.45) is 0 Å². The molecule has 0 aromatic carbocycles. The van der Waals surface area contributed by atoms with E-state index in [2.05, 4.69) is 10.3 Å². The van der Waals surface area contributed by atoms with Gasteiger partial charge in [-0.3, -0.25) is 14.8 Å². The van der Waals surface area contributed by atoms with E-state index in [9.17, 15) is 9.59 Å². The van der Waals surface area contributed by atoms with Crippen LogP contribution in [0, 0.1) is 0 Å². The molecule has 60 valence electrons. The molecule has 0 bridgehead atoms. The van der Waals surface area contributed by atoms with Crippen LogP contribution in [0.4, 0.5) is 11.5 Å². The summed E-state index contributed by atoms with van der Waals surface area (Å²) in [6.45, 7) is 0. The smallest absolute Gasteiger partial charge is 0.327 e. The van der Waals surface area contributed by atoms with Crippen LogP contribution in [-0.2, 0) is 0 Å². The van der Waals surface area contributed by atoms with Crippen LogP contribution in [0.5, 0.6) is 0 Å². The fraction of sp³-hybridized carbons (Fsp3) is 0.200. The van der Waals surface area contributed by atoms with Gasteiger partial charge in [0, 0.05) is 7.05 Å². The molecule has 0 aliphatic heterocycles. The molecule has 0 amide bonds. The number of H-pyrrole nitrogens is 2. The number of hydrogen-bond donors (Lipinski definition) is 4. The van der Waals surface area contributed by atoms with Crippen molar-refractivity contribution in [3.8, 4) is 0 Å². The lowest BCUT2D eigenvalue weighted by atomic mass is 10.5. The van der Waals surface area contributed by atoms with Gasteiger partial charge in [0.15, 0.2) is 0 Å². The molecule has 0 aliphatic rings. The summed E-state index contributed by atoms with van der Waals surface area (Å²) < 4.78 is 0. The first-order chi connectivity index (χ1) is 5.15. The number of aromatic amines is 2. The highest BCUT2D eigenvalue weighted by Crippen LogP contribution is 2.02. The molecule has 0 aliphatic carbocycles. The molecule has 5 N–H and O–H groups in total. The predicted molar refractivity (Wildman–Crippen MR) is 41.6 cm³/mol. The summed E-state index contributed by atoms with van der Waals surface area (Å²) in [6, 6.07) is 0. The third-order valence-corrected chi connectivity index (χ3v) is 1.23. The summed E-state index contributed by atoms with van der Waals surface area (Å²) in [5.41, 5.74) is 4.10. The Morgan fingerprint density at radius 2 is 2.00 bits per heavy atom. The number of nitrogens with one attached hydrogen (secondary N) is 3. The third-order valence-electron chi connectivity index (χ3n) is 1.23. The average molecular weight is 156 g/mol. The van der Waals surface area contributed by atoms with Crippen LogP contribution >= 0.6 is 0 Å². The van der Waals surface area contributed by atoms with Gasteiger partial charge < -0.3 is 11.1 Å². The number of hydrogen-bond acceptors (Lipinski definition) is 4. The van der Waals surface area contributed by atoms with Gasteiger partial charge in [0.1, 0.15) is 11.5 Å². The number of nitrogen functional groups attached to an aromatic ring is 1. The van der Waals surface area contributed by atoms with Crippen LogP contribution in [0.25, 0.3) is 0 Å². The minimum atomic E-state index is -0.585. The first-order valence-corrected chi connectivity index (χ1v) is 2.95. The Hall–Kier alpha value is -1.72. The van der Waals surface area contributed by atoms with Gasteiger partial charge in [-0.1, -0.05) is 0 Å². The monoisotopic (exact) mass is 156 g/mol. The van der Waals surface area contributed by atoms with Crippen molar-refractivity contribution in [3.05, 3.63) is 20.8 Å². The van der Waals surface area contributed by atoms with Gasteiger partial charge in [-0.05, 0) is 0 Å². The standard InChI is InChI=1S/C5H8N4O2/c1-7-3-2(6)4(10)9-5(11)8-3/h6H2,1H3,(H3,7,8,9,10,11). The fourth-order valence-electron chi connectivity index (χ4n) is 0.693. The highest BCUT2D eigenvalue weighted by atomic mass is 16.2. The Labute approximate surface area is 61.4 Å². The van der Waals surface area contributed by atoms with Crippen LogP contribution in [0.2, 0.25) is 0 Å². The van der Waals surface area contributed by atoms with Gasteiger partial charge >= 0.3 is 5.69 Å². The van der Waals surface area contributed by atoms with Crippen molar-refractivity contribution in [2.45, 2.75) is 0 Å². The van der Waals surface area contributed by atoms with Gasteiger partial charge in [-0.25, -0.2) is 4.79 Å². The molecule has 0 saturated heterocycles. The van der Waals surface area contributed by atoms with E-state index in [-0.39, 0.29) is 11.5 Å². The second-order valence-electron chi connectivity index (χ2n) is 1.95. The SMILES string of the molecule is CNc1[nH]c(=O)[nH]c(=O)c1N.